The Labute approximate surface area is 111 Å². The monoisotopic (exact) mass is 257 g/mol. The van der Waals surface area contributed by atoms with Crippen molar-refractivity contribution in [1.29, 1.82) is 0 Å². The Morgan fingerprint density at radius 3 is 2.84 bits per heavy atom. The summed E-state index contributed by atoms with van der Waals surface area (Å²) in [5, 5.41) is 11.5. The molecule has 0 amide bonds. The summed E-state index contributed by atoms with van der Waals surface area (Å²) in [6, 6.07) is 11.2. The van der Waals surface area contributed by atoms with Crippen molar-refractivity contribution in [3.63, 3.8) is 0 Å². The number of hydrogen-bond donors (Lipinski definition) is 2. The molecule has 0 aliphatic rings. The molecule has 0 saturated carbocycles. The van der Waals surface area contributed by atoms with Crippen LogP contribution in [0.15, 0.2) is 47.8 Å². The van der Waals surface area contributed by atoms with Crippen LogP contribution in [-0.2, 0) is 6.42 Å². The first kappa shape index (κ1) is 12.9. The van der Waals surface area contributed by atoms with E-state index in [-0.39, 0.29) is 5.84 Å². The van der Waals surface area contributed by atoms with Crippen LogP contribution in [0.3, 0.4) is 0 Å². The van der Waals surface area contributed by atoms with Crippen LogP contribution >= 0.6 is 0 Å². The molecule has 0 unspecified atom stereocenters. The van der Waals surface area contributed by atoms with Gasteiger partial charge in [0, 0.05) is 17.8 Å². The molecule has 0 spiro atoms. The molecule has 0 saturated heterocycles. The van der Waals surface area contributed by atoms with Gasteiger partial charge in [0.15, 0.2) is 5.84 Å². The van der Waals surface area contributed by atoms with E-state index in [1.165, 1.54) is 11.8 Å². The molecule has 5 heteroatoms. The number of aromatic nitrogens is 1. The summed E-state index contributed by atoms with van der Waals surface area (Å²) in [6.07, 6.45) is 2.45. The van der Waals surface area contributed by atoms with Gasteiger partial charge >= 0.3 is 0 Å². The van der Waals surface area contributed by atoms with Crippen LogP contribution < -0.4 is 10.5 Å². The Hall–Kier alpha value is -2.56. The largest absolute Gasteiger partial charge is 0.439 e. The van der Waals surface area contributed by atoms with Crippen molar-refractivity contribution in [3.8, 4) is 11.6 Å². The first-order chi connectivity index (χ1) is 9.22. The first-order valence-electron chi connectivity index (χ1n) is 5.93. The second-order valence-corrected chi connectivity index (χ2v) is 3.97. The van der Waals surface area contributed by atoms with E-state index in [0.29, 0.717) is 11.4 Å². The highest BCUT2D eigenvalue weighted by Gasteiger charge is 2.02. The Kier molecular flexibility index (Phi) is 3.97. The Balaban J connectivity index is 2.15. The van der Waals surface area contributed by atoms with Crippen LogP contribution in [0.25, 0.3) is 0 Å². The van der Waals surface area contributed by atoms with E-state index in [0.717, 1.165) is 12.2 Å². The molecule has 0 aliphatic carbocycles. The van der Waals surface area contributed by atoms with Gasteiger partial charge < -0.3 is 15.7 Å². The zero-order chi connectivity index (χ0) is 13.7. The molecule has 0 bridgehead atoms. The van der Waals surface area contributed by atoms with Crippen LogP contribution in [0.1, 0.15) is 18.1 Å². The normalized spacial score (nSPS) is 11.3. The molecule has 3 N–H and O–H groups in total. The summed E-state index contributed by atoms with van der Waals surface area (Å²) in [4.78, 5) is 4.10. The molecule has 19 heavy (non-hydrogen) atoms. The van der Waals surface area contributed by atoms with Crippen molar-refractivity contribution >= 4 is 5.84 Å². The van der Waals surface area contributed by atoms with Crippen LogP contribution in [0.4, 0.5) is 0 Å². The quantitative estimate of drug-likeness (QED) is 0.381. The van der Waals surface area contributed by atoms with Crippen LogP contribution in [-0.4, -0.2) is 16.0 Å². The number of ether oxygens (including phenoxy) is 1. The predicted octanol–water partition coefficient (Wildman–Crippen LogP) is 2.53. The van der Waals surface area contributed by atoms with Crippen molar-refractivity contribution in [2.24, 2.45) is 10.9 Å². The SMILES string of the molecule is CCc1cccc(Oc2ccc(/C(N)=N/O)cn2)c1. The second-order valence-electron chi connectivity index (χ2n) is 3.97. The second kappa shape index (κ2) is 5.86. The molecule has 0 fully saturated rings. The van der Waals surface area contributed by atoms with E-state index in [4.69, 9.17) is 15.7 Å². The lowest BCUT2D eigenvalue weighted by Gasteiger charge is -2.06. The van der Waals surface area contributed by atoms with Gasteiger partial charge in [-0.1, -0.05) is 24.2 Å². The standard InChI is InChI=1S/C14H15N3O2/c1-2-10-4-3-5-12(8-10)19-13-7-6-11(9-16-13)14(15)17-18/h3-9,18H,2H2,1H3,(H2,15,17). The van der Waals surface area contributed by atoms with Gasteiger partial charge in [-0.2, -0.15) is 0 Å². The third-order valence-electron chi connectivity index (χ3n) is 2.67. The van der Waals surface area contributed by atoms with Gasteiger partial charge in [0.05, 0.1) is 0 Å². The number of amidine groups is 1. The average molecular weight is 257 g/mol. The molecule has 0 radical (unpaired) electrons. The Morgan fingerprint density at radius 1 is 1.37 bits per heavy atom. The smallest absolute Gasteiger partial charge is 0.219 e. The van der Waals surface area contributed by atoms with E-state index >= 15 is 0 Å². The lowest BCUT2D eigenvalue weighted by Crippen LogP contribution is -2.13. The molecular formula is C14H15N3O2. The van der Waals surface area contributed by atoms with Crippen molar-refractivity contribution in [2.45, 2.75) is 13.3 Å². The van der Waals surface area contributed by atoms with Crippen LogP contribution in [0.2, 0.25) is 0 Å². The number of aryl methyl sites for hydroxylation is 1. The summed E-state index contributed by atoms with van der Waals surface area (Å²) in [6.45, 7) is 2.09. The molecule has 5 nitrogen and oxygen atoms in total. The van der Waals surface area contributed by atoms with Crippen LogP contribution in [0.5, 0.6) is 11.6 Å². The fraction of sp³-hybridized carbons (Fsp3) is 0.143. The number of rotatable bonds is 4. The molecule has 1 aromatic carbocycles. The highest BCUT2D eigenvalue weighted by atomic mass is 16.5. The molecule has 1 heterocycles. The van der Waals surface area contributed by atoms with E-state index in [1.807, 2.05) is 24.3 Å². The third kappa shape index (κ3) is 3.22. The predicted molar refractivity (Wildman–Crippen MR) is 72.6 cm³/mol. The van der Waals surface area contributed by atoms with Gasteiger partial charge in [0.1, 0.15) is 5.75 Å². The zero-order valence-corrected chi connectivity index (χ0v) is 10.6. The maximum absolute atomic E-state index is 8.55. The van der Waals surface area contributed by atoms with Crippen molar-refractivity contribution in [2.75, 3.05) is 0 Å². The lowest BCUT2D eigenvalue weighted by molar-refractivity contribution is 0.318. The van der Waals surface area contributed by atoms with Gasteiger partial charge in [0.2, 0.25) is 5.88 Å². The minimum Gasteiger partial charge on any atom is -0.439 e. The average Bonchev–Trinajstić information content (AvgIpc) is 2.47. The first-order valence-corrected chi connectivity index (χ1v) is 5.93. The maximum Gasteiger partial charge on any atom is 0.219 e. The Bertz CT molecular complexity index is 579. The van der Waals surface area contributed by atoms with E-state index in [1.54, 1.807) is 12.1 Å². The number of nitrogens with two attached hydrogens (primary N) is 1. The lowest BCUT2D eigenvalue weighted by atomic mass is 10.2. The maximum atomic E-state index is 8.55. The molecule has 1 aromatic heterocycles. The summed E-state index contributed by atoms with van der Waals surface area (Å²) in [5.74, 6) is 1.22. The number of pyridine rings is 1. The molecule has 2 rings (SSSR count). The highest BCUT2D eigenvalue weighted by molar-refractivity contribution is 5.96. The Morgan fingerprint density at radius 2 is 2.21 bits per heavy atom. The van der Waals surface area contributed by atoms with E-state index in [2.05, 4.69) is 17.1 Å². The number of hydrogen-bond acceptors (Lipinski definition) is 4. The third-order valence-corrected chi connectivity index (χ3v) is 2.67. The molecular weight excluding hydrogens is 242 g/mol. The summed E-state index contributed by atoms with van der Waals surface area (Å²) < 4.78 is 5.63. The van der Waals surface area contributed by atoms with Gasteiger partial charge in [0.25, 0.3) is 0 Å². The molecule has 0 atom stereocenters. The fourth-order valence-electron chi connectivity index (χ4n) is 1.60. The topological polar surface area (TPSA) is 80.7 Å². The van der Waals surface area contributed by atoms with Crippen LogP contribution in [0, 0.1) is 0 Å². The highest BCUT2D eigenvalue weighted by Crippen LogP contribution is 2.20. The molecule has 0 aliphatic heterocycles. The number of benzene rings is 1. The van der Waals surface area contributed by atoms with E-state index < -0.39 is 0 Å². The molecule has 98 valence electrons. The zero-order valence-electron chi connectivity index (χ0n) is 10.6. The summed E-state index contributed by atoms with van der Waals surface area (Å²) in [7, 11) is 0. The number of nitrogens with zero attached hydrogens (tertiary/aromatic N) is 2. The van der Waals surface area contributed by atoms with Gasteiger partial charge in [-0.3, -0.25) is 0 Å². The number of oxime groups is 1. The van der Waals surface area contributed by atoms with Gasteiger partial charge in [-0.15, -0.1) is 0 Å². The van der Waals surface area contributed by atoms with Crippen molar-refractivity contribution in [1.82, 2.24) is 4.98 Å². The molecule has 2 aromatic rings. The fourth-order valence-corrected chi connectivity index (χ4v) is 1.60. The minimum atomic E-state index is 0.0204. The minimum absolute atomic E-state index is 0.0204. The van der Waals surface area contributed by atoms with Gasteiger partial charge in [-0.05, 0) is 30.2 Å². The van der Waals surface area contributed by atoms with Gasteiger partial charge in [-0.25, -0.2) is 4.98 Å². The summed E-state index contributed by atoms with van der Waals surface area (Å²) in [5.41, 5.74) is 7.19. The van der Waals surface area contributed by atoms with Crippen molar-refractivity contribution < 1.29 is 9.94 Å². The van der Waals surface area contributed by atoms with Crippen molar-refractivity contribution in [3.05, 3.63) is 53.7 Å². The van der Waals surface area contributed by atoms with E-state index in [9.17, 15) is 0 Å². The summed E-state index contributed by atoms with van der Waals surface area (Å²) >= 11 is 0.